The summed E-state index contributed by atoms with van der Waals surface area (Å²) in [6, 6.07) is 8.72. The van der Waals surface area contributed by atoms with Crippen LogP contribution in [-0.4, -0.2) is 76.8 Å². The molecular formula is C23H29N5O6S2. The third kappa shape index (κ3) is 5.02. The summed E-state index contributed by atoms with van der Waals surface area (Å²) in [6.45, 7) is 4.41. The minimum absolute atomic E-state index is 0.0353. The number of carbonyl (C=O) groups excluding carboxylic acids is 1. The third-order valence-corrected chi connectivity index (χ3v) is 9.19. The first-order valence-corrected chi connectivity index (χ1v) is 14.0. The number of hydrogen-bond acceptors (Lipinski definition) is 8. The van der Waals surface area contributed by atoms with Crippen molar-refractivity contribution in [3.8, 4) is 6.07 Å². The Bertz CT molecular complexity index is 1240. The van der Waals surface area contributed by atoms with Gasteiger partial charge in [-0.15, -0.1) is 11.8 Å². The molecule has 4 rings (SSSR count). The van der Waals surface area contributed by atoms with Gasteiger partial charge in [-0.05, 0) is 25.0 Å². The van der Waals surface area contributed by atoms with Crippen molar-refractivity contribution in [3.05, 3.63) is 46.0 Å². The highest BCUT2D eigenvalue weighted by Crippen LogP contribution is 2.52. The number of hydrogen-bond donors (Lipinski definition) is 4. The van der Waals surface area contributed by atoms with Crippen LogP contribution in [0.3, 0.4) is 0 Å². The Kier molecular flexibility index (Phi) is 7.47. The van der Waals surface area contributed by atoms with Gasteiger partial charge in [-0.25, -0.2) is 14.7 Å². The van der Waals surface area contributed by atoms with Crippen LogP contribution in [0, 0.1) is 23.2 Å². The Labute approximate surface area is 214 Å². The Morgan fingerprint density at radius 1 is 1.39 bits per heavy atom. The van der Waals surface area contributed by atoms with E-state index in [0.717, 1.165) is 5.56 Å². The number of thioether (sulfide) groups is 1. The van der Waals surface area contributed by atoms with Crippen molar-refractivity contribution in [2.24, 2.45) is 17.0 Å². The van der Waals surface area contributed by atoms with Gasteiger partial charge in [0.25, 0.3) is 10.2 Å². The molecule has 0 spiro atoms. The molecule has 2 fully saturated rings. The van der Waals surface area contributed by atoms with E-state index in [1.165, 1.54) is 23.6 Å². The second-order valence-electron chi connectivity index (χ2n) is 9.49. The van der Waals surface area contributed by atoms with Crippen LogP contribution >= 0.6 is 11.8 Å². The minimum Gasteiger partial charge on any atom is -0.477 e. The van der Waals surface area contributed by atoms with Gasteiger partial charge in [0.05, 0.1) is 29.7 Å². The number of carbonyl (C=O) groups is 2. The number of aliphatic carboxylic acids is 1. The number of nitrogens with zero attached hydrogens (tertiary/aromatic N) is 3. The Morgan fingerprint density at radius 3 is 2.69 bits per heavy atom. The molecule has 3 heterocycles. The maximum Gasteiger partial charge on any atom is 0.353 e. The number of carboxylic acid groups (broad SMARTS) is 1. The Balaban J connectivity index is 1.57. The summed E-state index contributed by atoms with van der Waals surface area (Å²) in [7, 11) is -3.91. The molecule has 1 aromatic rings. The molecule has 6 atom stereocenters. The molecule has 1 aromatic carbocycles. The van der Waals surface area contributed by atoms with E-state index in [1.807, 2.05) is 19.1 Å². The van der Waals surface area contributed by atoms with Crippen molar-refractivity contribution in [2.45, 2.75) is 50.3 Å². The number of rotatable bonds is 9. The molecule has 1 amide bonds. The quantitative estimate of drug-likeness (QED) is 0.321. The fourth-order valence-corrected chi connectivity index (χ4v) is 7.51. The number of aliphatic hydroxyl groups excluding tert-OH is 1. The van der Waals surface area contributed by atoms with Crippen LogP contribution in [0.2, 0.25) is 0 Å². The van der Waals surface area contributed by atoms with Crippen LogP contribution in [0.5, 0.6) is 0 Å². The highest BCUT2D eigenvalue weighted by molar-refractivity contribution is 8.03. The number of carboxylic acids is 1. The summed E-state index contributed by atoms with van der Waals surface area (Å²) in [5.41, 5.74) is 1.30. The van der Waals surface area contributed by atoms with Gasteiger partial charge in [-0.2, -0.15) is 13.7 Å². The van der Waals surface area contributed by atoms with Gasteiger partial charge in [0, 0.05) is 41.7 Å². The smallest absolute Gasteiger partial charge is 0.353 e. The lowest BCUT2D eigenvalue weighted by Crippen LogP contribution is -2.63. The Morgan fingerprint density at radius 2 is 2.08 bits per heavy atom. The van der Waals surface area contributed by atoms with Crippen LogP contribution in [0.4, 0.5) is 0 Å². The minimum atomic E-state index is -3.91. The number of nitriles is 1. The number of benzene rings is 1. The topological polar surface area (TPSA) is 177 Å². The zero-order chi connectivity index (χ0) is 26.4. The van der Waals surface area contributed by atoms with Gasteiger partial charge >= 0.3 is 5.97 Å². The maximum absolute atomic E-state index is 12.6. The van der Waals surface area contributed by atoms with Crippen molar-refractivity contribution < 1.29 is 28.2 Å². The molecule has 0 bridgehead atoms. The first-order chi connectivity index (χ1) is 16.9. The van der Waals surface area contributed by atoms with Gasteiger partial charge in [0.1, 0.15) is 5.70 Å². The average molecular weight is 536 g/mol. The summed E-state index contributed by atoms with van der Waals surface area (Å²) >= 11 is 1.39. The zero-order valence-corrected chi connectivity index (χ0v) is 21.5. The van der Waals surface area contributed by atoms with Crippen molar-refractivity contribution >= 4 is 33.8 Å². The van der Waals surface area contributed by atoms with Crippen molar-refractivity contribution in [1.29, 1.82) is 5.26 Å². The molecule has 0 aliphatic carbocycles. The average Bonchev–Trinajstić information content (AvgIpc) is 3.28. The molecule has 13 heteroatoms. The number of likely N-dealkylation sites (tertiary alicyclic amines) is 1. The molecule has 0 aromatic heterocycles. The number of amides is 1. The summed E-state index contributed by atoms with van der Waals surface area (Å²) in [5, 5.41) is 34.5. The van der Waals surface area contributed by atoms with Gasteiger partial charge in [0.15, 0.2) is 0 Å². The molecule has 11 nitrogen and oxygen atoms in total. The van der Waals surface area contributed by atoms with E-state index in [4.69, 9.17) is 5.14 Å². The summed E-state index contributed by atoms with van der Waals surface area (Å²) in [5.74, 6) is -2.46. The molecular weight excluding hydrogens is 506 g/mol. The number of β-lactam (4-membered cyclic amide) rings is 1. The monoisotopic (exact) mass is 535 g/mol. The maximum atomic E-state index is 12.6. The first-order valence-electron chi connectivity index (χ1n) is 11.6. The SMILES string of the molecule is CC(O)C1C(=O)N2C(C(=O)O)=C(SC3CC(CNS(N)(=O)=O)N(Cc4ccccc4C#N)C3)C(C)C12. The number of nitrogens with one attached hydrogen (secondary N) is 1. The molecule has 5 N–H and O–H groups in total. The van der Waals surface area contributed by atoms with Gasteiger partial charge in [0.2, 0.25) is 5.91 Å². The van der Waals surface area contributed by atoms with E-state index in [2.05, 4.69) is 15.7 Å². The van der Waals surface area contributed by atoms with Crippen LogP contribution < -0.4 is 9.86 Å². The zero-order valence-electron chi connectivity index (χ0n) is 19.9. The third-order valence-electron chi connectivity index (χ3n) is 7.13. The number of aliphatic hydroxyl groups is 1. The number of fused-ring (bicyclic) bond motifs is 1. The second kappa shape index (κ2) is 10.1. The molecule has 3 aliphatic rings. The highest BCUT2D eigenvalue weighted by atomic mass is 32.2. The van der Waals surface area contributed by atoms with Crippen molar-refractivity contribution in [1.82, 2.24) is 14.5 Å². The summed E-state index contributed by atoms with van der Waals surface area (Å²) in [4.78, 5) is 28.7. The van der Waals surface area contributed by atoms with E-state index in [-0.39, 0.29) is 35.4 Å². The van der Waals surface area contributed by atoms with E-state index >= 15 is 0 Å². The van der Waals surface area contributed by atoms with Crippen molar-refractivity contribution in [2.75, 3.05) is 13.1 Å². The van der Waals surface area contributed by atoms with Crippen LogP contribution in [0.25, 0.3) is 0 Å². The predicted octanol–water partition coefficient (Wildman–Crippen LogP) is 0.181. The van der Waals surface area contributed by atoms with E-state index in [1.54, 1.807) is 12.1 Å². The molecule has 3 aliphatic heterocycles. The largest absolute Gasteiger partial charge is 0.477 e. The first kappa shape index (κ1) is 26.6. The van der Waals surface area contributed by atoms with Gasteiger partial charge in [-0.1, -0.05) is 25.1 Å². The lowest BCUT2D eigenvalue weighted by atomic mass is 9.79. The molecule has 2 saturated heterocycles. The Hall–Kier alpha value is -2.47. The van der Waals surface area contributed by atoms with Gasteiger partial charge in [-0.3, -0.25) is 9.69 Å². The fourth-order valence-electron chi connectivity index (χ4n) is 5.49. The molecule has 0 saturated carbocycles. The lowest BCUT2D eigenvalue weighted by Gasteiger charge is -2.46. The lowest BCUT2D eigenvalue weighted by molar-refractivity contribution is -0.163. The fraction of sp³-hybridized carbons (Fsp3) is 0.522. The van der Waals surface area contributed by atoms with Crippen LogP contribution in [0.1, 0.15) is 31.4 Å². The molecule has 0 radical (unpaired) electrons. The molecule has 36 heavy (non-hydrogen) atoms. The van der Waals surface area contributed by atoms with Gasteiger partial charge < -0.3 is 15.1 Å². The van der Waals surface area contributed by atoms with E-state index < -0.39 is 34.2 Å². The second-order valence-corrected chi connectivity index (χ2v) is 12.2. The van der Waals surface area contributed by atoms with E-state index in [0.29, 0.717) is 30.0 Å². The summed E-state index contributed by atoms with van der Waals surface area (Å²) in [6.07, 6.45) is -0.333. The molecule has 6 unspecified atom stereocenters. The normalized spacial score (nSPS) is 29.1. The van der Waals surface area contributed by atoms with Crippen LogP contribution in [-0.2, 0) is 26.3 Å². The van der Waals surface area contributed by atoms with Crippen molar-refractivity contribution in [3.63, 3.8) is 0 Å². The standard InChI is InChI=1S/C23H29N5O6S2/c1-12-19-18(13(2)29)22(30)28(19)20(23(31)32)21(12)35-17-7-16(9-26-36(25,33)34)27(11-17)10-15-6-4-3-5-14(15)8-24/h3-6,12-13,16-19,26,29H,7,9-11H2,1-2H3,(H,31,32)(H2,25,33,34). The predicted molar refractivity (Wildman–Crippen MR) is 132 cm³/mol. The summed E-state index contributed by atoms with van der Waals surface area (Å²) < 4.78 is 25.4. The van der Waals surface area contributed by atoms with E-state index in [9.17, 15) is 33.5 Å². The number of nitrogens with two attached hydrogens (primary N) is 1. The van der Waals surface area contributed by atoms with Crippen LogP contribution in [0.15, 0.2) is 34.9 Å². The highest BCUT2D eigenvalue weighted by Gasteiger charge is 2.60. The molecule has 194 valence electrons.